The predicted molar refractivity (Wildman–Crippen MR) is 102 cm³/mol. The summed E-state index contributed by atoms with van der Waals surface area (Å²) in [7, 11) is 3.31. The molecular weight excluding hydrogens is 316 g/mol. The molecule has 0 aromatic heterocycles. The van der Waals surface area contributed by atoms with Crippen LogP contribution in [0.1, 0.15) is 39.5 Å². The number of piperidine rings is 2. The van der Waals surface area contributed by atoms with Crippen molar-refractivity contribution in [3.05, 3.63) is 0 Å². The third-order valence-corrected chi connectivity index (χ3v) is 5.42. The van der Waals surface area contributed by atoms with Gasteiger partial charge in [0.15, 0.2) is 5.96 Å². The number of rotatable bonds is 5. The van der Waals surface area contributed by atoms with E-state index in [9.17, 15) is 4.79 Å². The summed E-state index contributed by atoms with van der Waals surface area (Å²) >= 11 is 0. The van der Waals surface area contributed by atoms with Crippen LogP contribution >= 0.6 is 0 Å². The lowest BCUT2D eigenvalue weighted by atomic mass is 9.92. The summed E-state index contributed by atoms with van der Waals surface area (Å²) in [5.74, 6) is 2.57. The number of methoxy groups -OCH3 is 1. The molecule has 0 amide bonds. The van der Waals surface area contributed by atoms with Crippen molar-refractivity contribution >= 4 is 11.9 Å². The first-order chi connectivity index (χ1) is 12.0. The Labute approximate surface area is 153 Å². The van der Waals surface area contributed by atoms with Gasteiger partial charge in [0.2, 0.25) is 0 Å². The number of hydrogen-bond donors (Lipinski definition) is 1. The molecular formula is C19H36N4O2. The molecule has 2 saturated heterocycles. The fourth-order valence-electron chi connectivity index (χ4n) is 4.30. The third kappa shape index (κ3) is 6.17. The van der Waals surface area contributed by atoms with Crippen molar-refractivity contribution in [2.24, 2.45) is 22.7 Å². The van der Waals surface area contributed by atoms with E-state index in [4.69, 9.17) is 4.74 Å². The van der Waals surface area contributed by atoms with Crippen LogP contribution in [-0.2, 0) is 9.53 Å². The smallest absolute Gasteiger partial charge is 0.308 e. The van der Waals surface area contributed by atoms with E-state index in [1.807, 2.05) is 7.05 Å². The van der Waals surface area contributed by atoms with Crippen molar-refractivity contribution in [2.75, 3.05) is 53.4 Å². The molecule has 0 radical (unpaired) electrons. The number of carbonyl (C=O) groups excluding carboxylic acids is 1. The fourth-order valence-corrected chi connectivity index (χ4v) is 4.30. The zero-order chi connectivity index (χ0) is 18.2. The average molecular weight is 353 g/mol. The topological polar surface area (TPSA) is 57.2 Å². The minimum atomic E-state index is -0.0763. The molecule has 144 valence electrons. The zero-order valence-electron chi connectivity index (χ0n) is 16.5. The van der Waals surface area contributed by atoms with Crippen molar-refractivity contribution < 1.29 is 9.53 Å². The van der Waals surface area contributed by atoms with E-state index in [1.165, 1.54) is 26.6 Å². The highest BCUT2D eigenvalue weighted by Crippen LogP contribution is 2.21. The molecule has 0 spiro atoms. The van der Waals surface area contributed by atoms with Gasteiger partial charge in [-0.3, -0.25) is 9.79 Å². The number of nitrogens with zero attached hydrogens (tertiary/aromatic N) is 3. The Morgan fingerprint density at radius 2 is 1.84 bits per heavy atom. The summed E-state index contributed by atoms with van der Waals surface area (Å²) in [6.07, 6.45) is 4.19. The first-order valence-corrected chi connectivity index (χ1v) is 9.79. The Bertz CT molecular complexity index is 437. The van der Waals surface area contributed by atoms with Gasteiger partial charge in [-0.1, -0.05) is 13.8 Å². The van der Waals surface area contributed by atoms with Crippen LogP contribution in [0.2, 0.25) is 0 Å². The SMILES string of the molecule is CN=C(NCCCN1CC(C)CC(C)C1)N1CCC(C(=O)OC)CC1. The van der Waals surface area contributed by atoms with Crippen LogP contribution in [0.15, 0.2) is 4.99 Å². The van der Waals surface area contributed by atoms with Crippen molar-refractivity contribution in [3.8, 4) is 0 Å². The van der Waals surface area contributed by atoms with Gasteiger partial charge in [-0.25, -0.2) is 0 Å². The van der Waals surface area contributed by atoms with Gasteiger partial charge in [0.1, 0.15) is 0 Å². The highest BCUT2D eigenvalue weighted by Gasteiger charge is 2.27. The van der Waals surface area contributed by atoms with Gasteiger partial charge in [-0.2, -0.15) is 0 Å². The van der Waals surface area contributed by atoms with Crippen molar-refractivity contribution in [1.29, 1.82) is 0 Å². The largest absolute Gasteiger partial charge is 0.469 e. The van der Waals surface area contributed by atoms with E-state index in [1.54, 1.807) is 0 Å². The summed E-state index contributed by atoms with van der Waals surface area (Å²) < 4.78 is 4.86. The van der Waals surface area contributed by atoms with Crippen LogP contribution in [0.5, 0.6) is 0 Å². The second-order valence-corrected chi connectivity index (χ2v) is 7.82. The molecule has 2 aliphatic rings. The highest BCUT2D eigenvalue weighted by atomic mass is 16.5. The monoisotopic (exact) mass is 352 g/mol. The first kappa shape index (κ1) is 20.0. The third-order valence-electron chi connectivity index (χ3n) is 5.42. The molecule has 0 aromatic rings. The molecule has 2 aliphatic heterocycles. The normalized spacial score (nSPS) is 26.6. The molecule has 2 fully saturated rings. The Kier molecular flexibility index (Phi) is 8.00. The number of guanidine groups is 1. The summed E-state index contributed by atoms with van der Waals surface area (Å²) in [5, 5.41) is 3.49. The van der Waals surface area contributed by atoms with E-state index in [0.717, 1.165) is 63.2 Å². The number of nitrogens with one attached hydrogen (secondary N) is 1. The molecule has 0 aliphatic carbocycles. The average Bonchev–Trinajstić information content (AvgIpc) is 2.60. The maximum atomic E-state index is 11.6. The van der Waals surface area contributed by atoms with Crippen LogP contribution in [0.25, 0.3) is 0 Å². The minimum absolute atomic E-state index is 0.0439. The van der Waals surface area contributed by atoms with Gasteiger partial charge >= 0.3 is 5.97 Å². The van der Waals surface area contributed by atoms with Crippen LogP contribution in [0, 0.1) is 17.8 Å². The van der Waals surface area contributed by atoms with Crippen molar-refractivity contribution in [2.45, 2.75) is 39.5 Å². The lowest BCUT2D eigenvalue weighted by Gasteiger charge is -2.35. The summed E-state index contributed by atoms with van der Waals surface area (Å²) in [6, 6.07) is 0. The molecule has 6 nitrogen and oxygen atoms in total. The lowest BCUT2D eigenvalue weighted by molar-refractivity contribution is -0.146. The van der Waals surface area contributed by atoms with Crippen molar-refractivity contribution in [1.82, 2.24) is 15.1 Å². The highest BCUT2D eigenvalue weighted by molar-refractivity contribution is 5.80. The maximum Gasteiger partial charge on any atom is 0.308 e. The predicted octanol–water partition coefficient (Wildman–Crippen LogP) is 1.81. The lowest BCUT2D eigenvalue weighted by Crippen LogP contribution is -2.47. The number of carbonyl (C=O) groups is 1. The molecule has 2 atom stereocenters. The molecule has 1 N–H and O–H groups in total. The van der Waals surface area contributed by atoms with Crippen LogP contribution in [0.3, 0.4) is 0 Å². The van der Waals surface area contributed by atoms with Crippen LogP contribution in [0.4, 0.5) is 0 Å². The molecule has 6 heteroatoms. The quantitative estimate of drug-likeness (QED) is 0.354. The number of hydrogen-bond acceptors (Lipinski definition) is 4. The van der Waals surface area contributed by atoms with Gasteiger partial charge in [0.25, 0.3) is 0 Å². The molecule has 2 rings (SSSR count). The fraction of sp³-hybridized carbons (Fsp3) is 0.895. The molecule has 0 bridgehead atoms. The molecule has 2 unspecified atom stereocenters. The maximum absolute atomic E-state index is 11.6. The second kappa shape index (κ2) is 10.00. The Hall–Kier alpha value is -1.30. The first-order valence-electron chi connectivity index (χ1n) is 9.79. The number of likely N-dealkylation sites (tertiary alicyclic amines) is 2. The van der Waals surface area contributed by atoms with Gasteiger partial charge < -0.3 is 19.9 Å². The van der Waals surface area contributed by atoms with Crippen LogP contribution < -0.4 is 5.32 Å². The number of aliphatic imine (C=N–C) groups is 1. The van der Waals surface area contributed by atoms with Gasteiger partial charge in [-0.05, 0) is 44.1 Å². The van der Waals surface area contributed by atoms with Gasteiger partial charge in [-0.15, -0.1) is 0 Å². The molecule has 0 aromatic carbocycles. The van der Waals surface area contributed by atoms with E-state index in [0.29, 0.717) is 0 Å². The van der Waals surface area contributed by atoms with Crippen molar-refractivity contribution in [3.63, 3.8) is 0 Å². The summed E-state index contributed by atoms with van der Waals surface area (Å²) in [6.45, 7) is 11.0. The van der Waals surface area contributed by atoms with Gasteiger partial charge in [0.05, 0.1) is 13.0 Å². The van der Waals surface area contributed by atoms with E-state index < -0.39 is 0 Å². The zero-order valence-corrected chi connectivity index (χ0v) is 16.5. The Balaban J connectivity index is 1.66. The van der Waals surface area contributed by atoms with E-state index >= 15 is 0 Å². The standard InChI is InChI=1S/C19H36N4O2/c1-15-12-16(2)14-22(13-15)9-5-8-21-19(20-3)23-10-6-17(7-11-23)18(24)25-4/h15-17H,5-14H2,1-4H3,(H,20,21). The molecule has 0 saturated carbocycles. The number of ether oxygens (including phenoxy) is 1. The Morgan fingerprint density at radius 3 is 2.40 bits per heavy atom. The molecule has 25 heavy (non-hydrogen) atoms. The minimum Gasteiger partial charge on any atom is -0.469 e. The Morgan fingerprint density at radius 1 is 1.20 bits per heavy atom. The molecule has 2 heterocycles. The number of esters is 1. The second-order valence-electron chi connectivity index (χ2n) is 7.82. The van der Waals surface area contributed by atoms with Gasteiger partial charge in [0, 0.05) is 39.8 Å². The van der Waals surface area contributed by atoms with E-state index in [2.05, 4.69) is 34.0 Å². The van der Waals surface area contributed by atoms with E-state index in [-0.39, 0.29) is 11.9 Å². The van der Waals surface area contributed by atoms with Crippen LogP contribution in [-0.4, -0.2) is 75.2 Å². The summed E-state index contributed by atoms with van der Waals surface area (Å²) in [5.41, 5.74) is 0. The summed E-state index contributed by atoms with van der Waals surface area (Å²) in [4.78, 5) is 20.9.